The van der Waals surface area contributed by atoms with Crippen LogP contribution in [0.5, 0.6) is 0 Å². The summed E-state index contributed by atoms with van der Waals surface area (Å²) in [5.41, 5.74) is 0.487. The Hall–Kier alpha value is -2.12. The predicted molar refractivity (Wildman–Crippen MR) is 84.4 cm³/mol. The van der Waals surface area contributed by atoms with E-state index in [1.165, 1.54) is 6.07 Å². The average Bonchev–Trinajstić information content (AvgIpc) is 2.49. The van der Waals surface area contributed by atoms with Gasteiger partial charge in [0.05, 0.1) is 22.3 Å². The zero-order valence-electron chi connectivity index (χ0n) is 12.4. The molecule has 1 amide bonds. The van der Waals surface area contributed by atoms with Crippen LogP contribution in [-0.4, -0.2) is 36.0 Å². The number of ether oxygens (including phenoxy) is 2. The van der Waals surface area contributed by atoms with Gasteiger partial charge in [0.2, 0.25) is 0 Å². The van der Waals surface area contributed by atoms with Crippen molar-refractivity contribution in [2.75, 3.05) is 18.5 Å². The van der Waals surface area contributed by atoms with E-state index in [0.717, 1.165) is 12.2 Å². The molecule has 0 saturated carbocycles. The number of amides is 1. The number of esters is 2. The molecule has 1 N–H and O–H groups in total. The highest BCUT2D eigenvalue weighted by atomic mass is 35.5. The predicted octanol–water partition coefficient (Wildman–Crippen LogP) is 2.30. The molecule has 0 spiro atoms. The van der Waals surface area contributed by atoms with Crippen LogP contribution in [0.2, 0.25) is 10.0 Å². The highest BCUT2D eigenvalue weighted by Crippen LogP contribution is 2.25. The standard InChI is InChI=1S/C14H14Cl2N2O5/c1-3-22-12(20)4-5-13(21)23-7-11(19)18-14-10(16)6-9(15)8(2)17-14/h4-6H,3,7H2,1-2H3,(H,17,18,19). The third kappa shape index (κ3) is 6.66. The number of hydrogen-bond acceptors (Lipinski definition) is 6. The first-order valence-corrected chi connectivity index (χ1v) is 7.23. The number of nitrogens with zero attached hydrogens (tertiary/aromatic N) is 1. The first kappa shape index (κ1) is 18.9. The summed E-state index contributed by atoms with van der Waals surface area (Å²) < 4.78 is 9.24. The fourth-order valence-electron chi connectivity index (χ4n) is 1.33. The van der Waals surface area contributed by atoms with Crippen LogP contribution < -0.4 is 5.32 Å². The molecule has 0 bridgehead atoms. The Bertz CT molecular complexity index is 646. The second-order valence-electron chi connectivity index (χ2n) is 4.13. The van der Waals surface area contributed by atoms with Crippen LogP contribution in [0, 0.1) is 6.92 Å². The number of rotatable bonds is 6. The van der Waals surface area contributed by atoms with Gasteiger partial charge >= 0.3 is 11.9 Å². The molecule has 1 aromatic rings. The van der Waals surface area contributed by atoms with Crippen molar-refractivity contribution >= 4 is 46.9 Å². The monoisotopic (exact) mass is 360 g/mol. The molecule has 0 aliphatic heterocycles. The summed E-state index contributed by atoms with van der Waals surface area (Å²) in [5.74, 6) is -2.07. The Kier molecular flexibility index (Phi) is 7.50. The molecule has 23 heavy (non-hydrogen) atoms. The van der Waals surface area contributed by atoms with E-state index in [2.05, 4.69) is 19.8 Å². The Balaban J connectivity index is 2.50. The maximum Gasteiger partial charge on any atom is 0.331 e. The smallest absolute Gasteiger partial charge is 0.331 e. The number of aromatic nitrogens is 1. The number of carbonyl (C=O) groups excluding carboxylic acids is 3. The fourth-order valence-corrected chi connectivity index (χ4v) is 1.73. The van der Waals surface area contributed by atoms with E-state index in [0.29, 0.717) is 10.7 Å². The van der Waals surface area contributed by atoms with Crippen LogP contribution >= 0.6 is 23.2 Å². The highest BCUT2D eigenvalue weighted by Gasteiger charge is 2.11. The van der Waals surface area contributed by atoms with E-state index < -0.39 is 24.5 Å². The SMILES string of the molecule is CCOC(=O)C=CC(=O)OCC(=O)Nc1nc(C)c(Cl)cc1Cl. The molecule has 0 saturated heterocycles. The summed E-state index contributed by atoms with van der Waals surface area (Å²) in [6, 6.07) is 1.44. The largest absolute Gasteiger partial charge is 0.463 e. The van der Waals surface area contributed by atoms with Gasteiger partial charge in [-0.2, -0.15) is 0 Å². The van der Waals surface area contributed by atoms with Crippen molar-refractivity contribution in [3.63, 3.8) is 0 Å². The summed E-state index contributed by atoms with van der Waals surface area (Å²) >= 11 is 11.7. The Morgan fingerprint density at radius 2 is 1.78 bits per heavy atom. The van der Waals surface area contributed by atoms with E-state index in [1.807, 2.05) is 0 Å². The normalized spacial score (nSPS) is 10.4. The quantitative estimate of drug-likeness (QED) is 0.617. The number of pyridine rings is 1. The first-order chi connectivity index (χ1) is 10.8. The Morgan fingerprint density at radius 3 is 2.39 bits per heavy atom. The zero-order chi connectivity index (χ0) is 17.4. The molecule has 0 aromatic carbocycles. The minimum absolute atomic E-state index is 0.108. The lowest BCUT2D eigenvalue weighted by molar-refractivity contribution is -0.143. The van der Waals surface area contributed by atoms with Gasteiger partial charge in [0.15, 0.2) is 12.4 Å². The highest BCUT2D eigenvalue weighted by molar-refractivity contribution is 6.36. The van der Waals surface area contributed by atoms with Gasteiger partial charge in [-0.05, 0) is 19.9 Å². The van der Waals surface area contributed by atoms with Crippen LogP contribution in [0.4, 0.5) is 5.82 Å². The average molecular weight is 361 g/mol. The van der Waals surface area contributed by atoms with E-state index >= 15 is 0 Å². The number of anilines is 1. The molecule has 9 heteroatoms. The molecule has 124 valence electrons. The van der Waals surface area contributed by atoms with Gasteiger partial charge in [-0.3, -0.25) is 4.79 Å². The summed E-state index contributed by atoms with van der Waals surface area (Å²) in [6.07, 6.45) is 1.77. The Morgan fingerprint density at radius 1 is 1.17 bits per heavy atom. The molecule has 7 nitrogen and oxygen atoms in total. The van der Waals surface area contributed by atoms with Gasteiger partial charge in [-0.15, -0.1) is 0 Å². The molecule has 0 aliphatic carbocycles. The molecule has 0 radical (unpaired) electrons. The van der Waals surface area contributed by atoms with Crippen molar-refractivity contribution in [3.8, 4) is 0 Å². The van der Waals surface area contributed by atoms with E-state index in [-0.39, 0.29) is 17.4 Å². The molecule has 0 unspecified atom stereocenters. The van der Waals surface area contributed by atoms with E-state index in [4.69, 9.17) is 23.2 Å². The third-order valence-electron chi connectivity index (χ3n) is 2.35. The second kappa shape index (κ2) is 9.12. The van der Waals surface area contributed by atoms with Gasteiger partial charge in [0.1, 0.15) is 0 Å². The van der Waals surface area contributed by atoms with Crippen LogP contribution in [-0.2, 0) is 23.9 Å². The van der Waals surface area contributed by atoms with Gasteiger partial charge in [0, 0.05) is 12.2 Å². The summed E-state index contributed by atoms with van der Waals surface area (Å²) in [5, 5.41) is 2.90. The van der Waals surface area contributed by atoms with E-state index in [9.17, 15) is 14.4 Å². The molecule has 1 rings (SSSR count). The second-order valence-corrected chi connectivity index (χ2v) is 4.94. The minimum Gasteiger partial charge on any atom is -0.463 e. The maximum absolute atomic E-state index is 11.7. The van der Waals surface area contributed by atoms with Crippen molar-refractivity contribution in [1.82, 2.24) is 4.98 Å². The van der Waals surface area contributed by atoms with Gasteiger partial charge < -0.3 is 14.8 Å². The number of hydrogen-bond donors (Lipinski definition) is 1. The van der Waals surface area contributed by atoms with Crippen molar-refractivity contribution in [1.29, 1.82) is 0 Å². The first-order valence-electron chi connectivity index (χ1n) is 6.47. The number of nitrogens with one attached hydrogen (secondary N) is 1. The molecule has 0 atom stereocenters. The lowest BCUT2D eigenvalue weighted by Gasteiger charge is -2.08. The lowest BCUT2D eigenvalue weighted by Crippen LogP contribution is -2.21. The molecule has 1 aromatic heterocycles. The Labute approximate surface area is 142 Å². The van der Waals surface area contributed by atoms with E-state index in [1.54, 1.807) is 13.8 Å². The molecular formula is C14H14Cl2N2O5. The number of halogens is 2. The van der Waals surface area contributed by atoms with Crippen molar-refractivity contribution in [2.24, 2.45) is 0 Å². The summed E-state index contributed by atoms with van der Waals surface area (Å²) in [4.78, 5) is 38.0. The van der Waals surface area contributed by atoms with Crippen LogP contribution in [0.1, 0.15) is 12.6 Å². The zero-order valence-corrected chi connectivity index (χ0v) is 13.9. The van der Waals surface area contributed by atoms with Crippen LogP contribution in [0.25, 0.3) is 0 Å². The molecular weight excluding hydrogens is 347 g/mol. The molecule has 1 heterocycles. The number of carbonyl (C=O) groups is 3. The third-order valence-corrected chi connectivity index (χ3v) is 3.02. The van der Waals surface area contributed by atoms with Gasteiger partial charge in [0.25, 0.3) is 5.91 Å². The van der Waals surface area contributed by atoms with Gasteiger partial charge in [-0.25, -0.2) is 14.6 Å². The van der Waals surface area contributed by atoms with Crippen molar-refractivity contribution in [2.45, 2.75) is 13.8 Å². The van der Waals surface area contributed by atoms with Crippen LogP contribution in [0.15, 0.2) is 18.2 Å². The molecule has 0 fully saturated rings. The van der Waals surface area contributed by atoms with Crippen molar-refractivity contribution < 1.29 is 23.9 Å². The molecule has 0 aliphatic rings. The minimum atomic E-state index is -0.862. The van der Waals surface area contributed by atoms with Gasteiger partial charge in [-0.1, -0.05) is 23.2 Å². The fraction of sp³-hybridized carbons (Fsp3) is 0.286. The summed E-state index contributed by atoms with van der Waals surface area (Å²) in [6.45, 7) is 2.90. The topological polar surface area (TPSA) is 94.6 Å². The van der Waals surface area contributed by atoms with Crippen molar-refractivity contribution in [3.05, 3.63) is 34.0 Å². The lowest BCUT2D eigenvalue weighted by atomic mass is 10.3. The maximum atomic E-state index is 11.7. The number of aryl methyl sites for hydroxylation is 1. The summed E-state index contributed by atoms with van der Waals surface area (Å²) in [7, 11) is 0. The van der Waals surface area contributed by atoms with Crippen LogP contribution in [0.3, 0.4) is 0 Å².